The van der Waals surface area contributed by atoms with Crippen molar-refractivity contribution in [3.05, 3.63) is 63.1 Å². The first-order chi connectivity index (χ1) is 9.52. The van der Waals surface area contributed by atoms with E-state index in [1.165, 1.54) is 22.3 Å². The van der Waals surface area contributed by atoms with Gasteiger partial charge in [0.1, 0.15) is 5.75 Å². The van der Waals surface area contributed by atoms with E-state index < -0.39 is 0 Å². The number of ether oxygens (including phenoxy) is 1. The lowest BCUT2D eigenvalue weighted by atomic mass is 9.99. The highest BCUT2D eigenvalue weighted by molar-refractivity contribution is 9.10. The zero-order valence-electron chi connectivity index (χ0n) is 11.9. The maximum atomic E-state index is 5.52. The van der Waals surface area contributed by atoms with Gasteiger partial charge in [0.25, 0.3) is 0 Å². The average Bonchev–Trinajstić information content (AvgIpc) is 2.43. The summed E-state index contributed by atoms with van der Waals surface area (Å²) < 4.78 is 6.63. The van der Waals surface area contributed by atoms with Crippen LogP contribution >= 0.6 is 31.9 Å². The van der Waals surface area contributed by atoms with Gasteiger partial charge in [0.2, 0.25) is 0 Å². The molecule has 0 saturated heterocycles. The fourth-order valence-electron chi connectivity index (χ4n) is 2.23. The van der Waals surface area contributed by atoms with Gasteiger partial charge in [-0.1, -0.05) is 56.1 Å². The molecule has 106 valence electrons. The normalized spacial score (nSPS) is 12.2. The predicted octanol–water partition coefficient (Wildman–Crippen LogP) is 5.75. The quantitative estimate of drug-likeness (QED) is 0.596. The summed E-state index contributed by atoms with van der Waals surface area (Å²) in [5.74, 6) is 0.932. The highest BCUT2D eigenvalue weighted by atomic mass is 79.9. The fraction of sp³-hybridized carbons (Fsp3) is 0.294. The summed E-state index contributed by atoms with van der Waals surface area (Å²) in [6.07, 6.45) is 0.943. The van der Waals surface area contributed by atoms with Gasteiger partial charge >= 0.3 is 0 Å². The van der Waals surface area contributed by atoms with Crippen LogP contribution in [0.25, 0.3) is 0 Å². The Morgan fingerprint density at radius 2 is 1.80 bits per heavy atom. The van der Waals surface area contributed by atoms with Crippen molar-refractivity contribution in [3.63, 3.8) is 0 Å². The SMILES string of the molecule is COc1cc(C)c(Br)cc1C(Br)Cc1ccccc1C. The standard InChI is InChI=1S/C17H18Br2O/c1-11-6-4-5-7-13(11)9-16(19)14-10-15(18)12(2)8-17(14)20-3/h4-8,10,16H,9H2,1-3H3. The molecule has 0 bridgehead atoms. The molecule has 0 aliphatic carbocycles. The molecular weight excluding hydrogens is 380 g/mol. The van der Waals surface area contributed by atoms with Crippen molar-refractivity contribution in [2.75, 3.05) is 7.11 Å². The summed E-state index contributed by atoms with van der Waals surface area (Å²) in [4.78, 5) is 0.232. The van der Waals surface area contributed by atoms with E-state index in [-0.39, 0.29) is 4.83 Å². The first-order valence-corrected chi connectivity index (χ1v) is 8.26. The van der Waals surface area contributed by atoms with Crippen molar-refractivity contribution in [2.24, 2.45) is 0 Å². The molecule has 1 unspecified atom stereocenters. The van der Waals surface area contributed by atoms with Crippen LogP contribution in [0.1, 0.15) is 27.1 Å². The molecular formula is C17H18Br2O. The maximum absolute atomic E-state index is 5.52. The second-order valence-corrected chi connectivity index (χ2v) is 6.90. The van der Waals surface area contributed by atoms with E-state index in [1.54, 1.807) is 7.11 Å². The van der Waals surface area contributed by atoms with Crippen molar-refractivity contribution in [2.45, 2.75) is 25.1 Å². The minimum atomic E-state index is 0.232. The molecule has 2 aromatic carbocycles. The third-order valence-corrected chi connectivity index (χ3v) is 5.18. The predicted molar refractivity (Wildman–Crippen MR) is 92.0 cm³/mol. The lowest BCUT2D eigenvalue weighted by Crippen LogP contribution is -2.01. The smallest absolute Gasteiger partial charge is 0.123 e. The number of rotatable bonds is 4. The van der Waals surface area contributed by atoms with Gasteiger partial charge in [-0.3, -0.25) is 0 Å². The molecule has 20 heavy (non-hydrogen) atoms. The zero-order valence-corrected chi connectivity index (χ0v) is 15.1. The molecule has 0 saturated carbocycles. The summed E-state index contributed by atoms with van der Waals surface area (Å²) in [5.41, 5.74) is 5.03. The molecule has 1 nitrogen and oxygen atoms in total. The molecule has 2 rings (SSSR count). The van der Waals surface area contributed by atoms with Crippen LogP contribution in [-0.4, -0.2) is 7.11 Å². The molecule has 0 aliphatic heterocycles. The van der Waals surface area contributed by atoms with Gasteiger partial charge < -0.3 is 4.74 Å². The Balaban J connectivity index is 2.32. The summed E-state index contributed by atoms with van der Waals surface area (Å²) in [6.45, 7) is 4.22. The second kappa shape index (κ2) is 6.77. The van der Waals surface area contributed by atoms with E-state index in [9.17, 15) is 0 Å². The molecule has 0 spiro atoms. The average molecular weight is 398 g/mol. The van der Waals surface area contributed by atoms with Gasteiger partial charge in [0.05, 0.1) is 7.11 Å². The van der Waals surface area contributed by atoms with Crippen LogP contribution in [0.2, 0.25) is 0 Å². The maximum Gasteiger partial charge on any atom is 0.123 e. The molecule has 2 aromatic rings. The van der Waals surface area contributed by atoms with Gasteiger partial charge in [0, 0.05) is 14.9 Å². The Kier molecular flexibility index (Phi) is 5.28. The Morgan fingerprint density at radius 3 is 2.45 bits per heavy atom. The van der Waals surface area contributed by atoms with Gasteiger partial charge in [0.15, 0.2) is 0 Å². The van der Waals surface area contributed by atoms with E-state index in [2.05, 4.69) is 82.1 Å². The van der Waals surface area contributed by atoms with Crippen molar-refractivity contribution in [1.82, 2.24) is 0 Å². The van der Waals surface area contributed by atoms with E-state index >= 15 is 0 Å². The topological polar surface area (TPSA) is 9.23 Å². The van der Waals surface area contributed by atoms with Crippen LogP contribution in [0, 0.1) is 13.8 Å². The van der Waals surface area contributed by atoms with E-state index in [1.807, 2.05) is 0 Å². The van der Waals surface area contributed by atoms with Gasteiger partial charge in [-0.2, -0.15) is 0 Å². The largest absolute Gasteiger partial charge is 0.496 e. The molecule has 0 fully saturated rings. The number of hydrogen-bond donors (Lipinski definition) is 0. The molecule has 3 heteroatoms. The van der Waals surface area contributed by atoms with Crippen LogP contribution < -0.4 is 4.74 Å². The monoisotopic (exact) mass is 396 g/mol. The molecule has 1 atom stereocenters. The minimum Gasteiger partial charge on any atom is -0.496 e. The summed E-state index contributed by atoms with van der Waals surface area (Å²) in [7, 11) is 1.72. The number of benzene rings is 2. The van der Waals surface area contributed by atoms with Gasteiger partial charge in [-0.15, -0.1) is 0 Å². The van der Waals surface area contributed by atoms with Crippen molar-refractivity contribution < 1.29 is 4.74 Å². The molecule has 0 aromatic heterocycles. The number of halogens is 2. The third kappa shape index (κ3) is 3.44. The number of hydrogen-bond acceptors (Lipinski definition) is 1. The van der Waals surface area contributed by atoms with Crippen LogP contribution in [0.3, 0.4) is 0 Å². The van der Waals surface area contributed by atoms with Crippen molar-refractivity contribution in [3.8, 4) is 5.75 Å². The van der Waals surface area contributed by atoms with Crippen LogP contribution in [0.4, 0.5) is 0 Å². The Labute approximate surface area is 137 Å². The van der Waals surface area contributed by atoms with Crippen LogP contribution in [0.15, 0.2) is 40.9 Å². The van der Waals surface area contributed by atoms with E-state index in [0.717, 1.165) is 16.6 Å². The molecule has 0 aliphatic rings. The van der Waals surface area contributed by atoms with Gasteiger partial charge in [-0.25, -0.2) is 0 Å². The molecule has 0 heterocycles. The molecule has 0 amide bonds. The zero-order chi connectivity index (χ0) is 14.7. The van der Waals surface area contributed by atoms with E-state index in [4.69, 9.17) is 4.74 Å². The Bertz CT molecular complexity index is 608. The highest BCUT2D eigenvalue weighted by Crippen LogP contribution is 2.37. The van der Waals surface area contributed by atoms with Gasteiger partial charge in [-0.05, 0) is 49.1 Å². The second-order valence-electron chi connectivity index (χ2n) is 4.94. The van der Waals surface area contributed by atoms with Crippen molar-refractivity contribution >= 4 is 31.9 Å². The first kappa shape index (κ1) is 15.6. The Morgan fingerprint density at radius 1 is 1.10 bits per heavy atom. The van der Waals surface area contributed by atoms with Crippen molar-refractivity contribution in [1.29, 1.82) is 0 Å². The summed E-state index contributed by atoms with van der Waals surface area (Å²) >= 11 is 7.41. The molecule has 0 radical (unpaired) electrons. The third-order valence-electron chi connectivity index (χ3n) is 3.51. The fourth-order valence-corrected chi connectivity index (χ4v) is 3.30. The summed E-state index contributed by atoms with van der Waals surface area (Å²) in [6, 6.07) is 12.7. The molecule has 0 N–H and O–H groups in total. The minimum absolute atomic E-state index is 0.232. The Hall–Kier alpha value is -0.800. The number of aryl methyl sites for hydroxylation is 2. The number of methoxy groups -OCH3 is 1. The summed E-state index contributed by atoms with van der Waals surface area (Å²) in [5, 5.41) is 0. The number of alkyl halides is 1. The van der Waals surface area contributed by atoms with Crippen LogP contribution in [-0.2, 0) is 6.42 Å². The lowest BCUT2D eigenvalue weighted by Gasteiger charge is -2.17. The first-order valence-electron chi connectivity index (χ1n) is 6.55. The lowest BCUT2D eigenvalue weighted by molar-refractivity contribution is 0.409. The van der Waals surface area contributed by atoms with Crippen LogP contribution in [0.5, 0.6) is 5.75 Å². The van der Waals surface area contributed by atoms with E-state index in [0.29, 0.717) is 0 Å². The highest BCUT2D eigenvalue weighted by Gasteiger charge is 2.16.